The third kappa shape index (κ3) is 3.54. The molecule has 2 rings (SSSR count). The maximum Gasteiger partial charge on any atom is 0.229 e. The molecule has 0 spiro atoms. The number of pyridine rings is 1. The lowest BCUT2D eigenvalue weighted by Crippen LogP contribution is -2.21. The van der Waals surface area contributed by atoms with E-state index in [1.165, 1.54) is 11.3 Å². The maximum absolute atomic E-state index is 11.9. The number of hydrogen-bond donors (Lipinski definition) is 1. The summed E-state index contributed by atoms with van der Waals surface area (Å²) in [5, 5.41) is 4.59. The quantitative estimate of drug-likeness (QED) is 0.930. The van der Waals surface area contributed by atoms with Gasteiger partial charge in [-0.1, -0.05) is 6.07 Å². The Balaban J connectivity index is 2.16. The summed E-state index contributed by atoms with van der Waals surface area (Å²) in [5.74, 6) is -0.180. The number of aryl methyl sites for hydroxylation is 1. The minimum absolute atomic E-state index is 0.180. The average molecular weight is 341 g/mol. The number of halogens is 1. The molecule has 6 heteroatoms. The molecule has 19 heavy (non-hydrogen) atoms. The number of nitrogens with zero attached hydrogens (tertiary/aromatic N) is 1. The fourth-order valence-electron chi connectivity index (χ4n) is 1.63. The summed E-state index contributed by atoms with van der Waals surface area (Å²) in [6.07, 6.45) is 3.65. The molecule has 0 unspecified atom stereocenters. The van der Waals surface area contributed by atoms with Gasteiger partial charge in [0, 0.05) is 23.8 Å². The van der Waals surface area contributed by atoms with Crippen molar-refractivity contribution in [3.05, 3.63) is 49.5 Å². The Kier molecular flexibility index (Phi) is 4.55. The number of rotatable bonds is 4. The molecule has 4 nitrogen and oxygen atoms in total. The molecule has 0 atom stereocenters. The van der Waals surface area contributed by atoms with Crippen molar-refractivity contribution in [2.75, 3.05) is 5.32 Å². The van der Waals surface area contributed by atoms with Crippen LogP contribution in [0.4, 0.5) is 5.69 Å². The van der Waals surface area contributed by atoms with Crippen molar-refractivity contribution < 1.29 is 4.79 Å². The first kappa shape index (κ1) is 14.0. The molecule has 0 saturated heterocycles. The fraction of sp³-hybridized carbons (Fsp3) is 0.231. The van der Waals surface area contributed by atoms with Crippen LogP contribution in [0.2, 0.25) is 0 Å². The summed E-state index contributed by atoms with van der Waals surface area (Å²) in [6.45, 7) is 2.70. The highest BCUT2D eigenvalue weighted by Crippen LogP contribution is 2.12. The van der Waals surface area contributed by atoms with Gasteiger partial charge in [-0.25, -0.2) is 0 Å². The monoisotopic (exact) mass is 340 g/mol. The second-order valence-corrected chi connectivity index (χ2v) is 5.87. The molecule has 1 amide bonds. The van der Waals surface area contributed by atoms with Gasteiger partial charge in [0.2, 0.25) is 11.3 Å². The van der Waals surface area contributed by atoms with Crippen LogP contribution < -0.4 is 10.7 Å². The fourth-order valence-corrected chi connectivity index (χ4v) is 2.81. The predicted octanol–water partition coefficient (Wildman–Crippen LogP) is 2.87. The zero-order chi connectivity index (χ0) is 13.8. The third-order valence-electron chi connectivity index (χ3n) is 2.59. The van der Waals surface area contributed by atoms with E-state index < -0.39 is 0 Å². The van der Waals surface area contributed by atoms with E-state index in [1.807, 2.05) is 29.0 Å². The molecule has 2 aromatic heterocycles. The zero-order valence-electron chi connectivity index (χ0n) is 10.4. The lowest BCUT2D eigenvalue weighted by Gasteiger charge is -2.08. The molecule has 0 aliphatic carbocycles. The molecular formula is C13H13BrN2O2S. The Morgan fingerprint density at radius 3 is 2.89 bits per heavy atom. The van der Waals surface area contributed by atoms with Gasteiger partial charge in [0.25, 0.3) is 0 Å². The molecule has 1 N–H and O–H groups in total. The lowest BCUT2D eigenvalue weighted by atomic mass is 10.3. The largest absolute Gasteiger partial charge is 0.351 e. The first-order chi connectivity index (χ1) is 9.10. The van der Waals surface area contributed by atoms with Crippen LogP contribution in [0.25, 0.3) is 0 Å². The number of carbonyl (C=O) groups is 1. The Labute approximate surface area is 123 Å². The number of amides is 1. The molecule has 0 radical (unpaired) electrons. The lowest BCUT2D eigenvalue weighted by molar-refractivity contribution is -0.115. The standard InChI is InChI=1S/C13H13BrN2O2S/c1-2-16-7-10(14)13(18)11(8-16)15-12(17)6-9-4-3-5-19-9/h3-5,7-8H,2,6H2,1H3,(H,15,17). The van der Waals surface area contributed by atoms with Gasteiger partial charge >= 0.3 is 0 Å². The molecule has 100 valence electrons. The SMILES string of the molecule is CCn1cc(Br)c(=O)c(NC(=O)Cc2cccs2)c1. The number of anilines is 1. The van der Waals surface area contributed by atoms with Crippen molar-refractivity contribution >= 4 is 38.9 Å². The van der Waals surface area contributed by atoms with E-state index in [0.29, 0.717) is 10.2 Å². The molecule has 2 aromatic rings. The Bertz CT molecular complexity index is 635. The molecule has 0 fully saturated rings. The van der Waals surface area contributed by atoms with Gasteiger partial charge in [-0.15, -0.1) is 11.3 Å². The number of carbonyl (C=O) groups excluding carboxylic acids is 1. The van der Waals surface area contributed by atoms with E-state index in [9.17, 15) is 9.59 Å². The van der Waals surface area contributed by atoms with Crippen LogP contribution in [0.5, 0.6) is 0 Å². The van der Waals surface area contributed by atoms with Crippen molar-refractivity contribution in [2.45, 2.75) is 19.9 Å². The highest BCUT2D eigenvalue weighted by molar-refractivity contribution is 9.10. The summed E-state index contributed by atoms with van der Waals surface area (Å²) in [5.41, 5.74) is 0.0991. The van der Waals surface area contributed by atoms with E-state index in [-0.39, 0.29) is 17.8 Å². The van der Waals surface area contributed by atoms with Crippen molar-refractivity contribution in [3.8, 4) is 0 Å². The first-order valence-corrected chi connectivity index (χ1v) is 7.49. The minimum Gasteiger partial charge on any atom is -0.351 e. The van der Waals surface area contributed by atoms with Gasteiger partial charge in [0.15, 0.2) is 0 Å². The van der Waals surface area contributed by atoms with Gasteiger partial charge in [0.05, 0.1) is 10.9 Å². The van der Waals surface area contributed by atoms with Gasteiger partial charge in [-0.3, -0.25) is 9.59 Å². The molecule has 0 bridgehead atoms. The van der Waals surface area contributed by atoms with Crippen LogP contribution in [-0.4, -0.2) is 10.5 Å². The molecular weight excluding hydrogens is 328 g/mol. The zero-order valence-corrected chi connectivity index (χ0v) is 12.8. The van der Waals surface area contributed by atoms with E-state index in [1.54, 1.807) is 12.4 Å². The van der Waals surface area contributed by atoms with Crippen molar-refractivity contribution in [1.82, 2.24) is 4.57 Å². The van der Waals surface area contributed by atoms with E-state index >= 15 is 0 Å². The van der Waals surface area contributed by atoms with Crippen LogP contribution in [0, 0.1) is 0 Å². The Morgan fingerprint density at radius 2 is 2.26 bits per heavy atom. The van der Waals surface area contributed by atoms with Crippen LogP contribution in [-0.2, 0) is 17.8 Å². The Hall–Kier alpha value is -1.40. The van der Waals surface area contributed by atoms with Crippen LogP contribution in [0.15, 0.2) is 39.2 Å². The highest BCUT2D eigenvalue weighted by Gasteiger charge is 2.10. The summed E-state index contributed by atoms with van der Waals surface area (Å²) in [6, 6.07) is 3.80. The summed E-state index contributed by atoms with van der Waals surface area (Å²) < 4.78 is 2.29. The number of nitrogens with one attached hydrogen (secondary N) is 1. The predicted molar refractivity (Wildman–Crippen MR) is 80.7 cm³/mol. The second kappa shape index (κ2) is 6.16. The number of aromatic nitrogens is 1. The van der Waals surface area contributed by atoms with Crippen molar-refractivity contribution in [2.24, 2.45) is 0 Å². The van der Waals surface area contributed by atoms with Crippen LogP contribution in [0.3, 0.4) is 0 Å². The number of thiophene rings is 1. The van der Waals surface area contributed by atoms with E-state index in [0.717, 1.165) is 11.4 Å². The average Bonchev–Trinajstić information content (AvgIpc) is 2.87. The van der Waals surface area contributed by atoms with Gasteiger partial charge < -0.3 is 9.88 Å². The van der Waals surface area contributed by atoms with Crippen LogP contribution in [0.1, 0.15) is 11.8 Å². The molecule has 2 heterocycles. The van der Waals surface area contributed by atoms with E-state index in [4.69, 9.17) is 0 Å². The first-order valence-electron chi connectivity index (χ1n) is 5.82. The summed E-state index contributed by atoms with van der Waals surface area (Å²) >= 11 is 4.73. The topological polar surface area (TPSA) is 51.1 Å². The van der Waals surface area contributed by atoms with Gasteiger partial charge in [0.1, 0.15) is 5.69 Å². The number of hydrogen-bond acceptors (Lipinski definition) is 3. The second-order valence-electron chi connectivity index (χ2n) is 3.98. The smallest absolute Gasteiger partial charge is 0.229 e. The van der Waals surface area contributed by atoms with E-state index in [2.05, 4.69) is 21.2 Å². The maximum atomic E-state index is 11.9. The Morgan fingerprint density at radius 1 is 1.47 bits per heavy atom. The summed E-state index contributed by atoms with van der Waals surface area (Å²) in [4.78, 5) is 24.8. The van der Waals surface area contributed by atoms with Crippen molar-refractivity contribution in [3.63, 3.8) is 0 Å². The molecule has 0 aliphatic heterocycles. The highest BCUT2D eigenvalue weighted by atomic mass is 79.9. The van der Waals surface area contributed by atoms with Crippen molar-refractivity contribution in [1.29, 1.82) is 0 Å². The molecule has 0 aliphatic rings. The minimum atomic E-state index is -0.204. The normalized spacial score (nSPS) is 10.4. The van der Waals surface area contributed by atoms with Gasteiger partial charge in [-0.2, -0.15) is 0 Å². The molecule has 0 saturated carbocycles. The third-order valence-corrected chi connectivity index (χ3v) is 4.03. The van der Waals surface area contributed by atoms with Gasteiger partial charge in [-0.05, 0) is 34.3 Å². The van der Waals surface area contributed by atoms with Crippen LogP contribution >= 0.6 is 27.3 Å². The molecule has 0 aromatic carbocycles. The summed E-state index contributed by atoms with van der Waals surface area (Å²) in [7, 11) is 0.